The van der Waals surface area contributed by atoms with E-state index < -0.39 is 11.1 Å². The van der Waals surface area contributed by atoms with E-state index in [-0.39, 0.29) is 11.5 Å². The SMILES string of the molecule is CCCCCCCOc1ccc(C=NC(C)(C)C(C)(C)N=Cc2ccc(OCCCCCCC)cc2O)c(O)c1. The molecule has 0 amide bonds. The average molecular weight is 553 g/mol. The smallest absolute Gasteiger partial charge is 0.128 e. The molecule has 0 heterocycles. The fraction of sp³-hybridized carbons (Fsp3) is 0.588. The highest BCUT2D eigenvalue weighted by Crippen LogP contribution is 2.31. The average Bonchev–Trinajstić information content (AvgIpc) is 2.91. The molecule has 0 saturated heterocycles. The van der Waals surface area contributed by atoms with Gasteiger partial charge in [-0.3, -0.25) is 9.98 Å². The molecule has 0 unspecified atom stereocenters. The van der Waals surface area contributed by atoms with Crippen molar-refractivity contribution in [3.8, 4) is 23.0 Å². The van der Waals surface area contributed by atoms with Crippen LogP contribution in [0.2, 0.25) is 0 Å². The lowest BCUT2D eigenvalue weighted by atomic mass is 9.83. The van der Waals surface area contributed by atoms with Crippen molar-refractivity contribution in [2.24, 2.45) is 9.98 Å². The lowest BCUT2D eigenvalue weighted by Crippen LogP contribution is -2.42. The summed E-state index contributed by atoms with van der Waals surface area (Å²) < 4.78 is 11.6. The van der Waals surface area contributed by atoms with E-state index in [9.17, 15) is 10.2 Å². The molecule has 6 heteroatoms. The summed E-state index contributed by atoms with van der Waals surface area (Å²) in [5, 5.41) is 21.1. The van der Waals surface area contributed by atoms with Crippen molar-refractivity contribution in [1.29, 1.82) is 0 Å². The highest BCUT2D eigenvalue weighted by molar-refractivity contribution is 5.85. The second kappa shape index (κ2) is 16.9. The van der Waals surface area contributed by atoms with Gasteiger partial charge >= 0.3 is 0 Å². The fourth-order valence-electron chi connectivity index (χ4n) is 4.01. The van der Waals surface area contributed by atoms with Crippen LogP contribution in [0, 0.1) is 0 Å². The van der Waals surface area contributed by atoms with Crippen LogP contribution < -0.4 is 9.47 Å². The summed E-state index contributed by atoms with van der Waals surface area (Å²) in [6.07, 6.45) is 15.2. The number of unbranched alkanes of at least 4 members (excludes halogenated alkanes) is 8. The number of nitrogens with zero attached hydrogens (tertiary/aromatic N) is 2. The maximum atomic E-state index is 10.5. The topological polar surface area (TPSA) is 83.6 Å². The molecule has 40 heavy (non-hydrogen) atoms. The Balaban J connectivity index is 1.95. The number of rotatable bonds is 19. The highest BCUT2D eigenvalue weighted by atomic mass is 16.5. The minimum Gasteiger partial charge on any atom is -0.507 e. The third-order valence-corrected chi connectivity index (χ3v) is 7.59. The maximum Gasteiger partial charge on any atom is 0.128 e. The molecular formula is C34H52N2O4. The van der Waals surface area contributed by atoms with Crippen molar-refractivity contribution in [1.82, 2.24) is 0 Å². The van der Waals surface area contributed by atoms with Crippen molar-refractivity contribution < 1.29 is 19.7 Å². The summed E-state index contributed by atoms with van der Waals surface area (Å²) in [7, 11) is 0. The predicted molar refractivity (Wildman–Crippen MR) is 168 cm³/mol. The van der Waals surface area contributed by atoms with E-state index in [4.69, 9.17) is 19.5 Å². The van der Waals surface area contributed by atoms with Gasteiger partial charge in [0.25, 0.3) is 0 Å². The lowest BCUT2D eigenvalue weighted by molar-refractivity contribution is 0.302. The summed E-state index contributed by atoms with van der Waals surface area (Å²) in [6.45, 7) is 13.7. The van der Waals surface area contributed by atoms with E-state index in [1.54, 1.807) is 24.6 Å². The second-order valence-corrected chi connectivity index (χ2v) is 11.6. The molecule has 0 radical (unpaired) electrons. The highest BCUT2D eigenvalue weighted by Gasteiger charge is 2.35. The quantitative estimate of drug-likeness (QED) is 0.135. The number of hydrogen-bond acceptors (Lipinski definition) is 6. The Kier molecular flexibility index (Phi) is 14.1. The van der Waals surface area contributed by atoms with Gasteiger partial charge in [0.05, 0.1) is 24.3 Å². The molecule has 222 valence electrons. The van der Waals surface area contributed by atoms with Crippen LogP contribution in [0.3, 0.4) is 0 Å². The van der Waals surface area contributed by atoms with Crippen LogP contribution in [0.1, 0.15) is 117 Å². The Morgan fingerprint density at radius 3 is 1.32 bits per heavy atom. The molecule has 2 aromatic carbocycles. The normalized spacial score (nSPS) is 12.4. The lowest BCUT2D eigenvalue weighted by Gasteiger charge is -2.35. The standard InChI is InChI=1S/C34H52N2O4/c1-7-9-11-13-15-21-39-29-19-17-27(31(37)23-29)25-35-33(3,4)34(5,6)36-26-28-18-20-30(24-32(28)38)40-22-16-14-12-10-8-2/h17-20,23-26,37-38H,7-16,21-22H2,1-6H3. The molecule has 0 aromatic heterocycles. The third kappa shape index (κ3) is 11.2. The Morgan fingerprint density at radius 2 is 0.975 bits per heavy atom. The van der Waals surface area contributed by atoms with Crippen molar-refractivity contribution in [3.05, 3.63) is 47.5 Å². The molecule has 0 aliphatic heterocycles. The number of hydrogen-bond donors (Lipinski definition) is 2. The largest absolute Gasteiger partial charge is 0.507 e. The van der Waals surface area contributed by atoms with Gasteiger partial charge in [-0.05, 0) is 64.8 Å². The van der Waals surface area contributed by atoms with Gasteiger partial charge in [-0.2, -0.15) is 0 Å². The molecule has 0 spiro atoms. The number of phenolic OH excluding ortho intramolecular Hbond substituents is 2. The first-order chi connectivity index (χ1) is 19.1. The van der Waals surface area contributed by atoms with E-state index in [2.05, 4.69) is 13.8 Å². The second-order valence-electron chi connectivity index (χ2n) is 11.6. The van der Waals surface area contributed by atoms with Gasteiger partial charge < -0.3 is 19.7 Å². The molecule has 0 fully saturated rings. The van der Waals surface area contributed by atoms with Gasteiger partial charge in [0.15, 0.2) is 0 Å². The fourth-order valence-corrected chi connectivity index (χ4v) is 4.01. The number of aromatic hydroxyl groups is 2. The van der Waals surface area contributed by atoms with E-state index >= 15 is 0 Å². The van der Waals surface area contributed by atoms with E-state index in [0.717, 1.165) is 25.7 Å². The van der Waals surface area contributed by atoms with Crippen LogP contribution in [0.15, 0.2) is 46.4 Å². The molecule has 0 atom stereocenters. The van der Waals surface area contributed by atoms with Crippen LogP contribution in [-0.4, -0.2) is 46.9 Å². The van der Waals surface area contributed by atoms with Crippen molar-refractivity contribution >= 4 is 12.4 Å². The van der Waals surface area contributed by atoms with Gasteiger partial charge in [0.1, 0.15) is 23.0 Å². The number of benzene rings is 2. The number of aliphatic imine (C=N–C) groups is 2. The molecule has 2 rings (SSSR count). The van der Waals surface area contributed by atoms with Crippen LogP contribution >= 0.6 is 0 Å². The van der Waals surface area contributed by atoms with Gasteiger partial charge in [-0.15, -0.1) is 0 Å². The third-order valence-electron chi connectivity index (χ3n) is 7.59. The molecule has 0 bridgehead atoms. The minimum atomic E-state index is -0.583. The zero-order chi connectivity index (χ0) is 29.4. The number of phenols is 2. The maximum absolute atomic E-state index is 10.5. The first kappa shape index (κ1) is 33.2. The molecule has 0 saturated carbocycles. The van der Waals surface area contributed by atoms with Gasteiger partial charge in [0.2, 0.25) is 0 Å². The first-order valence-corrected chi connectivity index (χ1v) is 15.1. The van der Waals surface area contributed by atoms with Crippen LogP contribution in [0.4, 0.5) is 0 Å². The first-order valence-electron chi connectivity index (χ1n) is 15.1. The molecule has 2 aromatic rings. The van der Waals surface area contributed by atoms with Crippen molar-refractivity contribution in [2.45, 2.75) is 117 Å². The number of ether oxygens (including phenoxy) is 2. The van der Waals surface area contributed by atoms with Crippen LogP contribution in [-0.2, 0) is 0 Å². The molecular weight excluding hydrogens is 500 g/mol. The van der Waals surface area contributed by atoms with E-state index in [1.165, 1.54) is 38.5 Å². The van der Waals surface area contributed by atoms with Gasteiger partial charge in [0, 0.05) is 35.7 Å². The molecule has 0 aliphatic carbocycles. The van der Waals surface area contributed by atoms with Crippen molar-refractivity contribution in [2.75, 3.05) is 13.2 Å². The summed E-state index contributed by atoms with van der Waals surface area (Å²) >= 11 is 0. The summed E-state index contributed by atoms with van der Waals surface area (Å²) in [6, 6.07) is 10.7. The summed E-state index contributed by atoms with van der Waals surface area (Å²) in [5.74, 6) is 1.60. The Bertz CT molecular complexity index is 990. The van der Waals surface area contributed by atoms with E-state index in [1.807, 2.05) is 52.0 Å². The zero-order valence-corrected chi connectivity index (χ0v) is 25.7. The summed E-state index contributed by atoms with van der Waals surface area (Å²) in [5.41, 5.74) is 0.0867. The zero-order valence-electron chi connectivity index (χ0n) is 25.7. The van der Waals surface area contributed by atoms with Gasteiger partial charge in [-0.1, -0.05) is 65.2 Å². The monoisotopic (exact) mass is 552 g/mol. The Labute approximate surface area is 242 Å². The predicted octanol–water partition coefficient (Wildman–Crippen LogP) is 8.89. The van der Waals surface area contributed by atoms with Gasteiger partial charge in [-0.25, -0.2) is 0 Å². The van der Waals surface area contributed by atoms with Crippen LogP contribution in [0.5, 0.6) is 23.0 Å². The Morgan fingerprint density at radius 1 is 0.600 bits per heavy atom. The molecule has 0 aliphatic rings. The molecule has 2 N–H and O–H groups in total. The summed E-state index contributed by atoms with van der Waals surface area (Å²) in [4.78, 5) is 9.56. The van der Waals surface area contributed by atoms with E-state index in [0.29, 0.717) is 35.8 Å². The van der Waals surface area contributed by atoms with Crippen LogP contribution in [0.25, 0.3) is 0 Å². The van der Waals surface area contributed by atoms with Crippen molar-refractivity contribution in [3.63, 3.8) is 0 Å². The minimum absolute atomic E-state index is 0.137. The molecule has 6 nitrogen and oxygen atoms in total. The Hall–Kier alpha value is -3.02.